The number of carbonyl (C=O) groups excluding carboxylic acids is 1. The quantitative estimate of drug-likeness (QED) is 0.675. The van der Waals surface area contributed by atoms with Crippen molar-refractivity contribution in [3.05, 3.63) is 58.9 Å². The molecule has 0 unspecified atom stereocenters. The molecule has 0 bridgehead atoms. The molecular formula is C13H9F4N3O. The Labute approximate surface area is 116 Å². The highest BCUT2D eigenvalue weighted by atomic mass is 19.2. The monoisotopic (exact) mass is 299 g/mol. The van der Waals surface area contributed by atoms with E-state index in [1.54, 1.807) is 5.32 Å². The fraction of sp³-hybridized carbons (Fsp3) is 0.0769. The van der Waals surface area contributed by atoms with E-state index in [1.165, 1.54) is 18.3 Å². The Morgan fingerprint density at radius 2 is 1.76 bits per heavy atom. The summed E-state index contributed by atoms with van der Waals surface area (Å²) in [4.78, 5) is 15.5. The minimum atomic E-state index is -1.69. The third-order valence-corrected chi connectivity index (χ3v) is 2.64. The number of hydrogen-bond donors (Lipinski definition) is 2. The van der Waals surface area contributed by atoms with Gasteiger partial charge in [0, 0.05) is 18.8 Å². The average molecular weight is 299 g/mol. The van der Waals surface area contributed by atoms with Gasteiger partial charge in [0.2, 0.25) is 0 Å². The van der Waals surface area contributed by atoms with Crippen LogP contribution < -0.4 is 11.1 Å². The Balaban J connectivity index is 2.31. The van der Waals surface area contributed by atoms with Crippen molar-refractivity contribution >= 4 is 11.6 Å². The molecule has 1 amide bonds. The molecule has 110 valence electrons. The summed E-state index contributed by atoms with van der Waals surface area (Å²) in [6, 6.07) is 2.80. The molecule has 0 aliphatic carbocycles. The first-order chi connectivity index (χ1) is 9.93. The third-order valence-electron chi connectivity index (χ3n) is 2.64. The van der Waals surface area contributed by atoms with Crippen LogP contribution in [0, 0.1) is 23.3 Å². The third kappa shape index (κ3) is 3.00. The van der Waals surface area contributed by atoms with Gasteiger partial charge in [-0.2, -0.15) is 0 Å². The number of amides is 1. The number of nitrogens with one attached hydrogen (secondary N) is 1. The lowest BCUT2D eigenvalue weighted by atomic mass is 10.2. The SMILES string of the molecule is NCc1ccc(C(=O)Nc2c(F)c(F)cc(F)c2F)nc1. The van der Waals surface area contributed by atoms with Crippen LogP contribution in [0.2, 0.25) is 0 Å². The first-order valence-electron chi connectivity index (χ1n) is 5.73. The Hall–Kier alpha value is -2.48. The molecule has 8 heteroatoms. The average Bonchev–Trinajstić information content (AvgIpc) is 2.49. The lowest BCUT2D eigenvalue weighted by Crippen LogP contribution is -2.17. The van der Waals surface area contributed by atoms with E-state index in [4.69, 9.17) is 5.73 Å². The van der Waals surface area contributed by atoms with E-state index in [0.717, 1.165) is 0 Å². The van der Waals surface area contributed by atoms with Crippen molar-refractivity contribution in [1.29, 1.82) is 0 Å². The van der Waals surface area contributed by atoms with Crippen LogP contribution in [0.5, 0.6) is 0 Å². The summed E-state index contributed by atoms with van der Waals surface area (Å²) in [6.45, 7) is 0.202. The van der Waals surface area contributed by atoms with Gasteiger partial charge in [0.05, 0.1) is 0 Å². The van der Waals surface area contributed by atoms with Gasteiger partial charge in [0.1, 0.15) is 11.4 Å². The summed E-state index contributed by atoms with van der Waals surface area (Å²) in [6.07, 6.45) is 1.30. The number of halogens is 4. The number of carbonyl (C=O) groups is 1. The number of rotatable bonds is 3. The molecule has 3 N–H and O–H groups in total. The molecule has 0 saturated carbocycles. The smallest absolute Gasteiger partial charge is 0.274 e. The first-order valence-corrected chi connectivity index (χ1v) is 5.73. The molecule has 1 heterocycles. The highest BCUT2D eigenvalue weighted by Gasteiger charge is 2.21. The number of nitrogens with two attached hydrogens (primary N) is 1. The second kappa shape index (κ2) is 5.88. The molecular weight excluding hydrogens is 290 g/mol. The minimum absolute atomic E-state index is 0.0502. The highest BCUT2D eigenvalue weighted by Crippen LogP contribution is 2.24. The maximum absolute atomic E-state index is 13.4. The predicted octanol–water partition coefficient (Wildman–Crippen LogP) is 2.35. The lowest BCUT2D eigenvalue weighted by molar-refractivity contribution is 0.102. The van der Waals surface area contributed by atoms with E-state index in [-0.39, 0.29) is 18.3 Å². The zero-order valence-electron chi connectivity index (χ0n) is 10.5. The van der Waals surface area contributed by atoms with Gasteiger partial charge in [-0.3, -0.25) is 9.78 Å². The normalized spacial score (nSPS) is 10.5. The Bertz CT molecular complexity index is 663. The van der Waals surface area contributed by atoms with Crippen molar-refractivity contribution in [2.75, 3.05) is 5.32 Å². The summed E-state index contributed by atoms with van der Waals surface area (Å²) in [7, 11) is 0. The topological polar surface area (TPSA) is 68.0 Å². The van der Waals surface area contributed by atoms with Crippen LogP contribution in [0.1, 0.15) is 16.1 Å². The fourth-order valence-electron chi connectivity index (χ4n) is 1.54. The van der Waals surface area contributed by atoms with Gasteiger partial charge in [0.15, 0.2) is 23.3 Å². The van der Waals surface area contributed by atoms with Gasteiger partial charge in [-0.05, 0) is 11.6 Å². The van der Waals surface area contributed by atoms with Crippen LogP contribution in [0.3, 0.4) is 0 Å². The number of aromatic nitrogens is 1. The predicted molar refractivity (Wildman–Crippen MR) is 66.4 cm³/mol. The number of hydrogen-bond acceptors (Lipinski definition) is 3. The van der Waals surface area contributed by atoms with E-state index < -0.39 is 34.9 Å². The molecule has 0 fully saturated rings. The molecule has 4 nitrogen and oxygen atoms in total. The maximum Gasteiger partial charge on any atom is 0.274 e. The fourth-order valence-corrected chi connectivity index (χ4v) is 1.54. The summed E-state index contributed by atoms with van der Waals surface area (Å²) in [5.74, 6) is -7.63. The van der Waals surface area contributed by atoms with Crippen LogP contribution in [-0.2, 0) is 6.54 Å². The standard InChI is InChI=1S/C13H9F4N3O/c14-7-3-8(15)11(17)12(10(7)16)20-13(21)9-2-1-6(4-18)5-19-9/h1-3,5H,4,18H2,(H,20,21). The van der Waals surface area contributed by atoms with E-state index in [2.05, 4.69) is 4.98 Å². The van der Waals surface area contributed by atoms with E-state index >= 15 is 0 Å². The molecule has 1 aromatic heterocycles. The number of anilines is 1. The molecule has 0 aliphatic heterocycles. The van der Waals surface area contributed by atoms with Crippen molar-refractivity contribution in [3.63, 3.8) is 0 Å². The summed E-state index contributed by atoms with van der Waals surface area (Å²) in [5.41, 5.74) is 4.60. The minimum Gasteiger partial charge on any atom is -0.326 e. The number of nitrogens with zero attached hydrogens (tertiary/aromatic N) is 1. The molecule has 0 spiro atoms. The highest BCUT2D eigenvalue weighted by molar-refractivity contribution is 6.03. The molecule has 0 aliphatic rings. The van der Waals surface area contributed by atoms with Crippen LogP contribution in [-0.4, -0.2) is 10.9 Å². The van der Waals surface area contributed by atoms with Gasteiger partial charge in [0.25, 0.3) is 5.91 Å². The molecule has 1 aromatic carbocycles. The van der Waals surface area contributed by atoms with Crippen LogP contribution in [0.4, 0.5) is 23.2 Å². The van der Waals surface area contributed by atoms with Crippen molar-refractivity contribution in [2.24, 2.45) is 5.73 Å². The Kier molecular flexibility index (Phi) is 4.18. The second-order valence-corrected chi connectivity index (χ2v) is 4.05. The summed E-state index contributed by atoms with van der Waals surface area (Å²) < 4.78 is 52.8. The van der Waals surface area contributed by atoms with Crippen LogP contribution in [0.25, 0.3) is 0 Å². The zero-order valence-corrected chi connectivity index (χ0v) is 10.5. The van der Waals surface area contributed by atoms with E-state index in [1.807, 2.05) is 0 Å². The van der Waals surface area contributed by atoms with Gasteiger partial charge in [-0.25, -0.2) is 17.6 Å². The number of benzene rings is 1. The van der Waals surface area contributed by atoms with Crippen molar-refractivity contribution in [3.8, 4) is 0 Å². The van der Waals surface area contributed by atoms with E-state index in [0.29, 0.717) is 5.56 Å². The molecule has 2 aromatic rings. The summed E-state index contributed by atoms with van der Waals surface area (Å²) in [5, 5.41) is 1.75. The Morgan fingerprint density at radius 3 is 2.24 bits per heavy atom. The number of pyridine rings is 1. The van der Waals surface area contributed by atoms with Gasteiger partial charge >= 0.3 is 0 Å². The van der Waals surface area contributed by atoms with Crippen molar-refractivity contribution in [2.45, 2.75) is 6.54 Å². The lowest BCUT2D eigenvalue weighted by Gasteiger charge is -2.08. The molecule has 21 heavy (non-hydrogen) atoms. The second-order valence-electron chi connectivity index (χ2n) is 4.05. The molecule has 2 rings (SSSR count). The molecule has 0 radical (unpaired) electrons. The van der Waals surface area contributed by atoms with Crippen LogP contribution in [0.15, 0.2) is 24.4 Å². The summed E-state index contributed by atoms with van der Waals surface area (Å²) >= 11 is 0. The van der Waals surface area contributed by atoms with Crippen molar-refractivity contribution in [1.82, 2.24) is 4.98 Å². The zero-order chi connectivity index (χ0) is 15.6. The molecule has 0 saturated heterocycles. The van der Waals surface area contributed by atoms with Gasteiger partial charge < -0.3 is 11.1 Å². The maximum atomic E-state index is 13.4. The first kappa shape index (κ1) is 14.9. The van der Waals surface area contributed by atoms with Gasteiger partial charge in [-0.15, -0.1) is 0 Å². The largest absolute Gasteiger partial charge is 0.326 e. The van der Waals surface area contributed by atoms with Gasteiger partial charge in [-0.1, -0.05) is 6.07 Å². The van der Waals surface area contributed by atoms with Crippen LogP contribution >= 0.6 is 0 Å². The Morgan fingerprint density at radius 1 is 1.14 bits per heavy atom. The van der Waals surface area contributed by atoms with Crippen molar-refractivity contribution < 1.29 is 22.4 Å². The van der Waals surface area contributed by atoms with E-state index in [9.17, 15) is 22.4 Å². The molecule has 0 atom stereocenters.